The summed E-state index contributed by atoms with van der Waals surface area (Å²) in [6.45, 7) is 5.64. The van der Waals surface area contributed by atoms with Gasteiger partial charge in [-0.15, -0.1) is 0 Å². The summed E-state index contributed by atoms with van der Waals surface area (Å²) >= 11 is 6.22. The van der Waals surface area contributed by atoms with Crippen LogP contribution in [0.2, 0.25) is 5.02 Å². The van der Waals surface area contributed by atoms with Gasteiger partial charge in [-0.2, -0.15) is 18.3 Å². The Hall–Kier alpha value is -2.66. The molecule has 218 valence electrons. The molecule has 8 nitrogen and oxygen atoms in total. The van der Waals surface area contributed by atoms with Crippen LogP contribution in [0.15, 0.2) is 24.5 Å². The van der Waals surface area contributed by atoms with Gasteiger partial charge in [0, 0.05) is 12.2 Å². The SMILES string of the molecule is CC1(C(=O)O)CCC(n2ncc(C(=O)N(C[C@H](O)c3ncccc3Cl)C3C[C@@H]4[C@H](C3)C4(C)C)c2C(F)(F)F)CC1. The summed E-state index contributed by atoms with van der Waals surface area (Å²) in [5.41, 5.74) is -2.43. The van der Waals surface area contributed by atoms with Gasteiger partial charge in [0.15, 0.2) is 5.69 Å². The maximum Gasteiger partial charge on any atom is 0.433 e. The molecule has 3 aliphatic carbocycles. The Morgan fingerprint density at radius 2 is 1.82 bits per heavy atom. The van der Waals surface area contributed by atoms with E-state index in [-0.39, 0.29) is 54.4 Å². The fourth-order valence-electron chi connectivity index (χ4n) is 6.98. The first-order valence-corrected chi connectivity index (χ1v) is 14.0. The zero-order valence-corrected chi connectivity index (χ0v) is 23.4. The summed E-state index contributed by atoms with van der Waals surface area (Å²) in [5.74, 6) is -1.10. The number of aliphatic hydroxyl groups is 1. The van der Waals surface area contributed by atoms with Gasteiger partial charge in [0.25, 0.3) is 5.91 Å². The van der Waals surface area contributed by atoms with Crippen molar-refractivity contribution in [1.82, 2.24) is 19.7 Å². The first-order chi connectivity index (χ1) is 18.6. The number of halogens is 4. The molecule has 3 aliphatic rings. The van der Waals surface area contributed by atoms with E-state index in [4.69, 9.17) is 11.6 Å². The number of amides is 1. The molecular weight excluding hydrogens is 549 g/mol. The summed E-state index contributed by atoms with van der Waals surface area (Å²) in [6, 6.07) is 2.13. The molecule has 0 radical (unpaired) electrons. The van der Waals surface area contributed by atoms with Crippen LogP contribution in [0.4, 0.5) is 13.2 Å². The number of pyridine rings is 1. The Morgan fingerprint density at radius 3 is 2.38 bits per heavy atom. The van der Waals surface area contributed by atoms with E-state index in [0.717, 1.165) is 10.9 Å². The van der Waals surface area contributed by atoms with Gasteiger partial charge >= 0.3 is 12.1 Å². The number of alkyl halides is 3. The van der Waals surface area contributed by atoms with Crippen molar-refractivity contribution in [3.8, 4) is 0 Å². The van der Waals surface area contributed by atoms with Crippen LogP contribution in [-0.4, -0.2) is 54.3 Å². The summed E-state index contributed by atoms with van der Waals surface area (Å²) in [6.07, 6.45) is -1.67. The first kappa shape index (κ1) is 28.9. The quantitative estimate of drug-likeness (QED) is 0.429. The van der Waals surface area contributed by atoms with Gasteiger partial charge in [-0.1, -0.05) is 25.4 Å². The average Bonchev–Trinajstić information content (AvgIpc) is 3.31. The second kappa shape index (κ2) is 10.0. The Balaban J connectivity index is 1.46. The number of aliphatic carboxylic acids is 1. The standard InChI is InChI=1S/C28H34ClF3N4O4/c1-26(2)18-11-16(12-19(18)26)35(14-21(37)22-20(29)5-4-10-33-22)24(38)17-13-34-36(23(17)28(30,31)32)15-6-8-27(3,9-7-15)25(39)40/h4-5,10,13,15-16,18-19,21,37H,6-9,11-12,14H2,1-3H3,(H,39,40)/t15?,16?,18-,19+,21-,27?/m0/s1. The van der Waals surface area contributed by atoms with Crippen LogP contribution in [0.5, 0.6) is 0 Å². The number of carboxylic acid groups (broad SMARTS) is 1. The molecule has 3 fully saturated rings. The van der Waals surface area contributed by atoms with E-state index < -0.39 is 46.9 Å². The zero-order valence-electron chi connectivity index (χ0n) is 22.7. The Bertz CT molecular complexity index is 1290. The van der Waals surface area contributed by atoms with Gasteiger partial charge in [-0.25, -0.2) is 0 Å². The van der Waals surface area contributed by atoms with Crippen LogP contribution in [-0.2, 0) is 11.0 Å². The van der Waals surface area contributed by atoms with Gasteiger partial charge < -0.3 is 15.1 Å². The lowest BCUT2D eigenvalue weighted by molar-refractivity contribution is -0.152. The third-order valence-corrected chi connectivity index (χ3v) is 10.0. The van der Waals surface area contributed by atoms with Crippen LogP contribution < -0.4 is 0 Å². The fourth-order valence-corrected chi connectivity index (χ4v) is 7.22. The number of rotatable bonds is 7. The van der Waals surface area contributed by atoms with E-state index in [1.165, 1.54) is 11.1 Å². The van der Waals surface area contributed by atoms with Gasteiger partial charge in [0.1, 0.15) is 6.10 Å². The van der Waals surface area contributed by atoms with Crippen molar-refractivity contribution in [1.29, 1.82) is 0 Å². The molecule has 3 saturated carbocycles. The van der Waals surface area contributed by atoms with E-state index in [2.05, 4.69) is 23.9 Å². The monoisotopic (exact) mass is 582 g/mol. The highest BCUT2D eigenvalue weighted by Crippen LogP contribution is 2.67. The molecule has 2 aromatic rings. The first-order valence-electron chi connectivity index (χ1n) is 13.6. The van der Waals surface area contributed by atoms with Crippen molar-refractivity contribution in [3.63, 3.8) is 0 Å². The number of carbonyl (C=O) groups excluding carboxylic acids is 1. The molecule has 12 heteroatoms. The number of hydrogen-bond acceptors (Lipinski definition) is 5. The van der Waals surface area contributed by atoms with Crippen LogP contribution in [0.25, 0.3) is 0 Å². The number of aliphatic hydroxyl groups excluding tert-OH is 1. The molecule has 4 atom stereocenters. The minimum absolute atomic E-state index is 0.127. The molecule has 0 aromatic carbocycles. The molecular formula is C28H34ClF3N4O4. The van der Waals surface area contributed by atoms with Crippen molar-refractivity contribution in [3.05, 3.63) is 46.5 Å². The Kier molecular flexibility index (Phi) is 7.22. The van der Waals surface area contributed by atoms with E-state index in [9.17, 15) is 33.0 Å². The summed E-state index contributed by atoms with van der Waals surface area (Å²) < 4.78 is 44.4. The highest BCUT2D eigenvalue weighted by molar-refractivity contribution is 6.31. The van der Waals surface area contributed by atoms with Crippen LogP contribution >= 0.6 is 11.6 Å². The lowest BCUT2D eigenvalue weighted by atomic mass is 9.74. The predicted octanol–water partition coefficient (Wildman–Crippen LogP) is 5.77. The molecule has 2 N–H and O–H groups in total. The number of hydrogen-bond donors (Lipinski definition) is 2. The zero-order chi connectivity index (χ0) is 29.2. The molecule has 2 heterocycles. The minimum atomic E-state index is -4.87. The second-order valence-corrected chi connectivity index (χ2v) is 12.9. The minimum Gasteiger partial charge on any atom is -0.481 e. The number of carbonyl (C=O) groups is 2. The van der Waals surface area contributed by atoms with Crippen molar-refractivity contribution >= 4 is 23.5 Å². The predicted molar refractivity (Wildman–Crippen MR) is 140 cm³/mol. The number of nitrogens with zero attached hydrogens (tertiary/aromatic N) is 4. The molecule has 5 rings (SSSR count). The molecule has 40 heavy (non-hydrogen) atoms. The van der Waals surface area contributed by atoms with Gasteiger partial charge in [-0.05, 0) is 74.8 Å². The van der Waals surface area contributed by atoms with Crippen LogP contribution in [0.3, 0.4) is 0 Å². The van der Waals surface area contributed by atoms with Crippen LogP contribution in [0, 0.1) is 22.7 Å². The van der Waals surface area contributed by atoms with Crippen molar-refractivity contribution in [2.24, 2.45) is 22.7 Å². The van der Waals surface area contributed by atoms with Gasteiger partial charge in [-0.3, -0.25) is 19.3 Å². The Labute approximate surface area is 235 Å². The summed E-state index contributed by atoms with van der Waals surface area (Å²) in [7, 11) is 0. The normalized spacial score (nSPS) is 30.0. The largest absolute Gasteiger partial charge is 0.481 e. The molecule has 0 spiro atoms. The molecule has 0 bridgehead atoms. The average molecular weight is 583 g/mol. The van der Waals surface area contributed by atoms with Gasteiger partial charge in [0.05, 0.1) is 40.5 Å². The van der Waals surface area contributed by atoms with E-state index >= 15 is 0 Å². The lowest BCUT2D eigenvalue weighted by Crippen LogP contribution is -2.43. The number of carboxylic acids is 1. The molecule has 1 amide bonds. The van der Waals surface area contributed by atoms with Crippen LogP contribution in [0.1, 0.15) is 93.2 Å². The number of fused-ring (bicyclic) bond motifs is 1. The topological polar surface area (TPSA) is 109 Å². The molecule has 2 aromatic heterocycles. The maximum atomic E-state index is 14.5. The Morgan fingerprint density at radius 1 is 1.20 bits per heavy atom. The van der Waals surface area contributed by atoms with Gasteiger partial charge in [0.2, 0.25) is 0 Å². The highest BCUT2D eigenvalue weighted by atomic mass is 35.5. The summed E-state index contributed by atoms with van der Waals surface area (Å²) in [5, 5.41) is 24.8. The van der Waals surface area contributed by atoms with Crippen molar-refractivity contribution < 1.29 is 33.0 Å². The second-order valence-electron chi connectivity index (χ2n) is 12.4. The smallest absolute Gasteiger partial charge is 0.433 e. The fraction of sp³-hybridized carbons (Fsp3) is 0.643. The molecule has 0 saturated heterocycles. The molecule has 1 unspecified atom stereocenters. The third-order valence-electron chi connectivity index (χ3n) is 9.73. The summed E-state index contributed by atoms with van der Waals surface area (Å²) in [4.78, 5) is 31.1. The van der Waals surface area contributed by atoms with Crippen molar-refractivity contribution in [2.75, 3.05) is 6.54 Å². The lowest BCUT2D eigenvalue weighted by Gasteiger charge is -2.35. The highest BCUT2D eigenvalue weighted by Gasteiger charge is 2.63. The molecule has 0 aliphatic heterocycles. The number of aromatic nitrogens is 3. The third kappa shape index (κ3) is 5.00. The van der Waals surface area contributed by atoms with E-state index in [1.54, 1.807) is 19.1 Å². The van der Waals surface area contributed by atoms with E-state index in [1.807, 2.05) is 0 Å². The van der Waals surface area contributed by atoms with Crippen molar-refractivity contribution in [2.45, 2.75) is 83.7 Å². The maximum absolute atomic E-state index is 14.5. The van der Waals surface area contributed by atoms with E-state index in [0.29, 0.717) is 24.7 Å².